The molecule has 25 heavy (non-hydrogen) atoms. The number of hydrogen-bond donors (Lipinski definition) is 2. The van der Waals surface area contributed by atoms with Gasteiger partial charge in [0.1, 0.15) is 11.8 Å². The van der Waals surface area contributed by atoms with Crippen LogP contribution in [0.25, 0.3) is 0 Å². The fraction of sp³-hybridized carbons (Fsp3) is 0.350. The predicted molar refractivity (Wildman–Crippen MR) is 98.5 cm³/mol. The van der Waals surface area contributed by atoms with Crippen molar-refractivity contribution in [3.8, 4) is 5.75 Å². The average molecular weight is 340 g/mol. The Balaban J connectivity index is 1.46. The molecule has 0 aromatic heterocycles. The molecule has 2 aromatic carbocycles. The summed E-state index contributed by atoms with van der Waals surface area (Å²) in [4.78, 5) is 16.7. The van der Waals surface area contributed by atoms with Gasteiger partial charge in [-0.15, -0.1) is 0 Å². The van der Waals surface area contributed by atoms with Gasteiger partial charge < -0.3 is 20.2 Å². The van der Waals surface area contributed by atoms with E-state index in [0.717, 1.165) is 31.9 Å². The number of nitrogens with zero attached hydrogens (tertiary/aromatic N) is 2. The number of anilines is 1. The average Bonchev–Trinajstić information content (AvgIpc) is 2.67. The molecular formula is C20H26N3O2+. The Hall–Kier alpha value is -2.53. The van der Waals surface area contributed by atoms with E-state index in [1.54, 1.807) is 12.1 Å². The van der Waals surface area contributed by atoms with Gasteiger partial charge in [-0.2, -0.15) is 0 Å². The lowest BCUT2D eigenvalue weighted by Gasteiger charge is -2.36. The minimum Gasteiger partial charge on any atom is -0.508 e. The third-order valence-corrected chi connectivity index (χ3v) is 4.82. The summed E-state index contributed by atoms with van der Waals surface area (Å²) in [5.41, 5.74) is 2.33. The van der Waals surface area contributed by atoms with Gasteiger partial charge >= 0.3 is 0 Å². The second-order valence-electron chi connectivity index (χ2n) is 6.52. The Kier molecular flexibility index (Phi) is 5.56. The number of carbonyl (C=O) groups excluding carboxylic acids is 1. The molecule has 5 heteroatoms. The van der Waals surface area contributed by atoms with E-state index in [0.29, 0.717) is 6.54 Å². The molecule has 0 radical (unpaired) electrons. The molecule has 3 N–H and O–H groups in total. The first-order chi connectivity index (χ1) is 12.1. The standard InChI is InChI=1S/C20H25N3O2/c1-16(17-5-3-2-4-6-17)21-15-20(25)23-13-11-22(12-14-23)18-7-9-19(24)10-8-18/h2-10,16,21,24H,11-15H2,1H3/p+1/t16-/m1/s1. The van der Waals surface area contributed by atoms with Gasteiger partial charge in [0, 0.05) is 37.4 Å². The number of piperazine rings is 1. The molecule has 0 saturated carbocycles. The van der Waals surface area contributed by atoms with Crippen LogP contribution in [0.1, 0.15) is 18.5 Å². The molecule has 5 nitrogen and oxygen atoms in total. The summed E-state index contributed by atoms with van der Waals surface area (Å²) in [5.74, 6) is 0.480. The monoisotopic (exact) mass is 340 g/mol. The summed E-state index contributed by atoms with van der Waals surface area (Å²) in [6, 6.07) is 17.8. The SMILES string of the molecule is C[C@@H]([NH2+]CC(=O)N1CCN(c2ccc(O)cc2)CC1)c1ccccc1. The highest BCUT2D eigenvalue weighted by atomic mass is 16.3. The van der Waals surface area contributed by atoms with E-state index >= 15 is 0 Å². The molecular weight excluding hydrogens is 314 g/mol. The van der Waals surface area contributed by atoms with Crippen molar-refractivity contribution in [2.75, 3.05) is 37.6 Å². The summed E-state index contributed by atoms with van der Waals surface area (Å²) in [6.07, 6.45) is 0. The Morgan fingerprint density at radius 2 is 1.68 bits per heavy atom. The maximum Gasteiger partial charge on any atom is 0.277 e. The third-order valence-electron chi connectivity index (χ3n) is 4.82. The molecule has 2 aromatic rings. The molecule has 1 amide bonds. The zero-order valence-electron chi connectivity index (χ0n) is 14.6. The van der Waals surface area contributed by atoms with Crippen molar-refractivity contribution >= 4 is 11.6 Å². The zero-order chi connectivity index (χ0) is 17.6. The number of quaternary nitrogens is 1. The highest BCUT2D eigenvalue weighted by Gasteiger charge is 2.23. The van der Waals surface area contributed by atoms with Crippen LogP contribution in [0.2, 0.25) is 0 Å². The summed E-state index contributed by atoms with van der Waals surface area (Å²) in [6.45, 7) is 5.75. The number of aromatic hydroxyl groups is 1. The molecule has 1 fully saturated rings. The lowest BCUT2D eigenvalue weighted by Crippen LogP contribution is -2.87. The van der Waals surface area contributed by atoms with Crippen molar-refractivity contribution < 1.29 is 15.2 Å². The topological polar surface area (TPSA) is 60.4 Å². The normalized spacial score (nSPS) is 15.9. The number of hydrogen-bond acceptors (Lipinski definition) is 3. The van der Waals surface area contributed by atoms with E-state index in [1.165, 1.54) is 5.56 Å². The van der Waals surface area contributed by atoms with Gasteiger partial charge in [-0.05, 0) is 31.2 Å². The largest absolute Gasteiger partial charge is 0.508 e. The van der Waals surface area contributed by atoms with Gasteiger partial charge in [0.25, 0.3) is 5.91 Å². The van der Waals surface area contributed by atoms with E-state index < -0.39 is 0 Å². The van der Waals surface area contributed by atoms with Crippen LogP contribution in [0.4, 0.5) is 5.69 Å². The van der Waals surface area contributed by atoms with Crippen molar-refractivity contribution in [1.82, 2.24) is 4.90 Å². The minimum absolute atomic E-state index is 0.202. The molecule has 0 bridgehead atoms. The Bertz CT molecular complexity index is 680. The van der Waals surface area contributed by atoms with E-state index in [1.807, 2.05) is 35.2 Å². The fourth-order valence-electron chi connectivity index (χ4n) is 3.18. The number of phenols is 1. The maximum atomic E-state index is 12.5. The summed E-state index contributed by atoms with van der Waals surface area (Å²) in [7, 11) is 0. The van der Waals surface area contributed by atoms with E-state index in [9.17, 15) is 9.90 Å². The quantitative estimate of drug-likeness (QED) is 0.864. The van der Waals surface area contributed by atoms with Crippen molar-refractivity contribution in [3.05, 3.63) is 60.2 Å². The molecule has 1 aliphatic rings. The van der Waals surface area contributed by atoms with Crippen LogP contribution in [0, 0.1) is 0 Å². The van der Waals surface area contributed by atoms with Crippen LogP contribution >= 0.6 is 0 Å². The van der Waals surface area contributed by atoms with Gasteiger partial charge in [0.15, 0.2) is 6.54 Å². The number of nitrogens with two attached hydrogens (primary N) is 1. The molecule has 0 spiro atoms. The summed E-state index contributed by atoms with van der Waals surface area (Å²) >= 11 is 0. The lowest BCUT2D eigenvalue weighted by molar-refractivity contribution is -0.683. The Labute approximate surface area is 148 Å². The molecule has 3 rings (SSSR count). The molecule has 1 heterocycles. The van der Waals surface area contributed by atoms with Crippen LogP contribution in [0.15, 0.2) is 54.6 Å². The van der Waals surface area contributed by atoms with Crippen LogP contribution in [-0.4, -0.2) is 48.6 Å². The van der Waals surface area contributed by atoms with Crippen LogP contribution in [-0.2, 0) is 4.79 Å². The van der Waals surface area contributed by atoms with Crippen molar-refractivity contribution in [1.29, 1.82) is 0 Å². The highest BCUT2D eigenvalue weighted by Crippen LogP contribution is 2.19. The smallest absolute Gasteiger partial charge is 0.277 e. The molecule has 0 unspecified atom stereocenters. The van der Waals surface area contributed by atoms with Crippen LogP contribution in [0.3, 0.4) is 0 Å². The molecule has 1 aliphatic heterocycles. The van der Waals surface area contributed by atoms with Gasteiger partial charge in [-0.1, -0.05) is 30.3 Å². The highest BCUT2D eigenvalue weighted by molar-refractivity contribution is 5.77. The van der Waals surface area contributed by atoms with Crippen LogP contribution in [0.5, 0.6) is 5.75 Å². The molecule has 1 saturated heterocycles. The van der Waals surface area contributed by atoms with Gasteiger partial charge in [0.05, 0.1) is 0 Å². The van der Waals surface area contributed by atoms with E-state index in [4.69, 9.17) is 0 Å². The number of phenolic OH excluding ortho intramolecular Hbond substituents is 1. The molecule has 1 atom stereocenters. The second kappa shape index (κ2) is 8.03. The summed E-state index contributed by atoms with van der Waals surface area (Å²) < 4.78 is 0. The van der Waals surface area contributed by atoms with Crippen LogP contribution < -0.4 is 10.2 Å². The van der Waals surface area contributed by atoms with E-state index in [2.05, 4.69) is 29.3 Å². The van der Waals surface area contributed by atoms with Crippen molar-refractivity contribution in [2.24, 2.45) is 0 Å². The zero-order valence-corrected chi connectivity index (χ0v) is 14.6. The number of rotatable bonds is 5. The Morgan fingerprint density at radius 1 is 1.04 bits per heavy atom. The first kappa shape index (κ1) is 17.3. The first-order valence-corrected chi connectivity index (χ1v) is 8.83. The molecule has 132 valence electrons. The first-order valence-electron chi connectivity index (χ1n) is 8.83. The number of amides is 1. The van der Waals surface area contributed by atoms with Gasteiger partial charge in [-0.3, -0.25) is 4.79 Å². The third kappa shape index (κ3) is 4.51. The van der Waals surface area contributed by atoms with Gasteiger partial charge in [0.2, 0.25) is 0 Å². The predicted octanol–water partition coefficient (Wildman–Crippen LogP) is 1.37. The van der Waals surface area contributed by atoms with Crippen molar-refractivity contribution in [2.45, 2.75) is 13.0 Å². The molecule has 0 aliphatic carbocycles. The fourth-order valence-corrected chi connectivity index (χ4v) is 3.18. The number of benzene rings is 2. The second-order valence-corrected chi connectivity index (χ2v) is 6.52. The number of carbonyl (C=O) groups is 1. The van der Waals surface area contributed by atoms with Gasteiger partial charge in [-0.25, -0.2) is 0 Å². The van der Waals surface area contributed by atoms with E-state index in [-0.39, 0.29) is 17.7 Å². The summed E-state index contributed by atoms with van der Waals surface area (Å²) in [5, 5.41) is 11.5. The maximum absolute atomic E-state index is 12.5. The Morgan fingerprint density at radius 3 is 2.32 bits per heavy atom. The minimum atomic E-state index is 0.202. The van der Waals surface area contributed by atoms with Crippen molar-refractivity contribution in [3.63, 3.8) is 0 Å². The lowest BCUT2D eigenvalue weighted by atomic mass is 10.1.